The molecule has 0 aliphatic rings. The molecule has 0 bridgehead atoms. The first-order valence-electron chi connectivity index (χ1n) is 20.3. The molecule has 0 saturated heterocycles. The Kier molecular flexibility index (Phi) is 8.20. The molecular formula is C56H30FN3S2. The van der Waals surface area contributed by atoms with Gasteiger partial charge in [0.1, 0.15) is 12.1 Å². The Morgan fingerprint density at radius 2 is 0.758 bits per heavy atom. The van der Waals surface area contributed by atoms with Gasteiger partial charge in [0.15, 0.2) is 5.82 Å². The Balaban J connectivity index is 1.34. The number of benzene rings is 9. The van der Waals surface area contributed by atoms with Crippen LogP contribution in [-0.2, 0) is 0 Å². The van der Waals surface area contributed by atoms with Crippen LogP contribution >= 0.6 is 22.7 Å². The van der Waals surface area contributed by atoms with Crippen LogP contribution in [0.4, 0.5) is 4.39 Å². The SMILES string of the molecule is N#Cc1c(F)c(-c2ccccc2)c(-n2c3c(ccc4c5cccc(-c6ccccc6)c5sc43)c3ccc4c5cccc(-c6ccccc6)c5sc4c32)c(C#N)c1-c1ccccc1. The summed E-state index contributed by atoms with van der Waals surface area (Å²) in [5.41, 5.74) is 8.47. The molecule has 12 aromatic rings. The van der Waals surface area contributed by atoms with Crippen LogP contribution in [-0.4, -0.2) is 4.57 Å². The van der Waals surface area contributed by atoms with E-state index in [9.17, 15) is 10.5 Å². The fourth-order valence-corrected chi connectivity index (χ4v) is 12.3. The lowest BCUT2D eigenvalue weighted by Gasteiger charge is -2.21. The number of thiophene rings is 2. The second-order valence-corrected chi connectivity index (χ2v) is 17.5. The number of halogens is 1. The third kappa shape index (κ3) is 5.18. The summed E-state index contributed by atoms with van der Waals surface area (Å²) < 4.78 is 24.5. The van der Waals surface area contributed by atoms with Crippen LogP contribution in [0.25, 0.3) is 112 Å². The number of hydrogen-bond donors (Lipinski definition) is 0. The van der Waals surface area contributed by atoms with Crippen LogP contribution in [0.5, 0.6) is 0 Å². The van der Waals surface area contributed by atoms with Gasteiger partial charge < -0.3 is 4.57 Å². The van der Waals surface area contributed by atoms with Gasteiger partial charge >= 0.3 is 0 Å². The van der Waals surface area contributed by atoms with Gasteiger partial charge in [-0.25, -0.2) is 4.39 Å². The van der Waals surface area contributed by atoms with Gasteiger partial charge in [-0.3, -0.25) is 0 Å². The number of rotatable bonds is 5. The van der Waals surface area contributed by atoms with Gasteiger partial charge in [0.05, 0.1) is 37.2 Å². The largest absolute Gasteiger partial charge is 0.304 e. The molecule has 3 nitrogen and oxygen atoms in total. The second-order valence-electron chi connectivity index (χ2n) is 15.4. The van der Waals surface area contributed by atoms with Gasteiger partial charge in [-0.05, 0) is 33.4 Å². The van der Waals surface area contributed by atoms with Crippen molar-refractivity contribution in [3.63, 3.8) is 0 Å². The van der Waals surface area contributed by atoms with Crippen LogP contribution in [0.2, 0.25) is 0 Å². The lowest BCUT2D eigenvalue weighted by Crippen LogP contribution is -2.08. The van der Waals surface area contributed by atoms with Crippen molar-refractivity contribution in [3.05, 3.63) is 199 Å². The molecule has 0 N–H and O–H groups in total. The average Bonchev–Trinajstić information content (AvgIpc) is 4.02. The Morgan fingerprint density at radius 1 is 0.371 bits per heavy atom. The van der Waals surface area contributed by atoms with E-state index >= 15 is 4.39 Å². The Morgan fingerprint density at radius 3 is 1.19 bits per heavy atom. The third-order valence-corrected chi connectivity index (χ3v) is 14.7. The Hall–Kier alpha value is -7.87. The fourth-order valence-electron chi connectivity index (χ4n) is 9.51. The number of aromatic nitrogens is 1. The van der Waals surface area contributed by atoms with E-state index in [4.69, 9.17) is 0 Å². The highest BCUT2D eigenvalue weighted by atomic mass is 32.1. The molecule has 0 fully saturated rings. The van der Waals surface area contributed by atoms with E-state index in [2.05, 4.69) is 126 Å². The molecular weight excluding hydrogens is 798 g/mol. The summed E-state index contributed by atoms with van der Waals surface area (Å²) in [6.45, 7) is 0. The predicted octanol–water partition coefficient (Wildman–Crippen LogP) is 16.1. The molecule has 3 aromatic heterocycles. The zero-order valence-electron chi connectivity index (χ0n) is 32.9. The number of hydrogen-bond acceptors (Lipinski definition) is 4. The molecule has 0 unspecified atom stereocenters. The van der Waals surface area contributed by atoms with Crippen LogP contribution in [0.1, 0.15) is 11.1 Å². The van der Waals surface area contributed by atoms with Gasteiger partial charge in [0.2, 0.25) is 0 Å². The van der Waals surface area contributed by atoms with Gasteiger partial charge in [-0.1, -0.05) is 182 Å². The minimum atomic E-state index is -0.661. The van der Waals surface area contributed by atoms with E-state index in [-0.39, 0.29) is 22.3 Å². The van der Waals surface area contributed by atoms with E-state index in [1.54, 1.807) is 22.7 Å². The highest BCUT2D eigenvalue weighted by Gasteiger charge is 2.31. The summed E-state index contributed by atoms with van der Waals surface area (Å²) in [6.07, 6.45) is 0. The highest BCUT2D eigenvalue weighted by Crippen LogP contribution is 2.52. The number of fused-ring (bicyclic) bond motifs is 11. The maximum absolute atomic E-state index is 18.0. The summed E-state index contributed by atoms with van der Waals surface area (Å²) in [5, 5.41) is 28.8. The van der Waals surface area contributed by atoms with Crippen molar-refractivity contribution in [1.29, 1.82) is 10.5 Å². The molecule has 0 atom stereocenters. The summed E-state index contributed by atoms with van der Waals surface area (Å²) in [5.74, 6) is -0.661. The van der Waals surface area contributed by atoms with Crippen LogP contribution in [0.3, 0.4) is 0 Å². The van der Waals surface area contributed by atoms with Crippen molar-refractivity contribution in [2.75, 3.05) is 0 Å². The average molecular weight is 828 g/mol. The second kappa shape index (κ2) is 14.1. The summed E-state index contributed by atoms with van der Waals surface area (Å²) in [6, 6.07) is 66.1. The van der Waals surface area contributed by atoms with Crippen molar-refractivity contribution in [3.8, 4) is 62.3 Å². The smallest absolute Gasteiger partial charge is 0.151 e. The highest BCUT2D eigenvalue weighted by molar-refractivity contribution is 7.28. The van der Waals surface area contributed by atoms with Crippen LogP contribution < -0.4 is 0 Å². The Bertz CT molecular complexity index is 3700. The fraction of sp³-hybridized carbons (Fsp3) is 0. The van der Waals surface area contributed by atoms with Crippen molar-refractivity contribution in [1.82, 2.24) is 4.57 Å². The molecule has 0 radical (unpaired) electrons. The number of nitriles is 2. The zero-order valence-corrected chi connectivity index (χ0v) is 34.5. The summed E-state index contributed by atoms with van der Waals surface area (Å²) in [4.78, 5) is 0. The first-order valence-corrected chi connectivity index (χ1v) is 22.0. The van der Waals surface area contributed by atoms with Crippen molar-refractivity contribution >= 4 is 84.8 Å². The molecule has 0 saturated carbocycles. The molecule has 3 heterocycles. The maximum atomic E-state index is 18.0. The molecule has 6 heteroatoms. The van der Waals surface area contributed by atoms with E-state index in [0.717, 1.165) is 84.4 Å². The van der Waals surface area contributed by atoms with Gasteiger partial charge in [-0.2, -0.15) is 10.5 Å². The van der Waals surface area contributed by atoms with Gasteiger partial charge in [-0.15, -0.1) is 22.7 Å². The van der Waals surface area contributed by atoms with Gasteiger partial charge in [0, 0.05) is 52.8 Å². The molecule has 0 spiro atoms. The monoisotopic (exact) mass is 827 g/mol. The standard InChI is InChI=1S/C56H30FN3S2/c57-49-45(31-58)47(35-19-9-3-10-20-35)46(32-59)50(48(49)36-21-11-4-12-22-36)60-51-39(27-29-43-41-25-13-23-37(53(41)61-55(43)51)33-15-5-1-6-16-33)40-28-30-44-42-26-14-24-38(34-17-7-2-8-18-34)54(42)62-56(44)52(40)60/h1-30H. The summed E-state index contributed by atoms with van der Waals surface area (Å²) in [7, 11) is 0. The molecule has 0 amide bonds. The zero-order chi connectivity index (χ0) is 41.5. The van der Waals surface area contributed by atoms with Crippen molar-refractivity contribution in [2.24, 2.45) is 0 Å². The minimum Gasteiger partial charge on any atom is -0.304 e. The molecule has 12 rings (SSSR count). The number of nitrogens with zero attached hydrogens (tertiary/aromatic N) is 3. The van der Waals surface area contributed by atoms with Crippen LogP contribution in [0, 0.1) is 28.5 Å². The first kappa shape index (κ1) is 36.0. The van der Waals surface area contributed by atoms with E-state index < -0.39 is 5.82 Å². The first-order chi connectivity index (χ1) is 30.6. The quantitative estimate of drug-likeness (QED) is 0.174. The molecule has 288 valence electrons. The molecule has 0 aliphatic carbocycles. The van der Waals surface area contributed by atoms with Crippen molar-refractivity contribution < 1.29 is 4.39 Å². The normalized spacial score (nSPS) is 11.6. The minimum absolute atomic E-state index is 0.157. The van der Waals surface area contributed by atoms with Crippen LogP contribution in [0.15, 0.2) is 182 Å². The third-order valence-electron chi connectivity index (χ3n) is 12.2. The van der Waals surface area contributed by atoms with Crippen molar-refractivity contribution in [2.45, 2.75) is 0 Å². The van der Waals surface area contributed by atoms with E-state index in [1.165, 1.54) is 0 Å². The molecule has 9 aromatic carbocycles. The topological polar surface area (TPSA) is 52.5 Å². The van der Waals surface area contributed by atoms with E-state index in [1.807, 2.05) is 72.8 Å². The predicted molar refractivity (Wildman–Crippen MR) is 258 cm³/mol. The summed E-state index contributed by atoms with van der Waals surface area (Å²) >= 11 is 3.46. The lowest BCUT2D eigenvalue weighted by molar-refractivity contribution is 0.627. The van der Waals surface area contributed by atoms with E-state index in [0.29, 0.717) is 16.8 Å². The molecule has 62 heavy (non-hydrogen) atoms. The van der Waals surface area contributed by atoms with Gasteiger partial charge in [0.25, 0.3) is 0 Å². The molecule has 0 aliphatic heterocycles. The Labute approximate surface area is 363 Å². The maximum Gasteiger partial charge on any atom is 0.151 e. The lowest BCUT2D eigenvalue weighted by atomic mass is 9.88.